The average Bonchev–Trinajstić information content (AvgIpc) is 2.37. The molecular weight excluding hydrogens is 265 g/mol. The summed E-state index contributed by atoms with van der Waals surface area (Å²) in [6.45, 7) is 5.41. The lowest BCUT2D eigenvalue weighted by Gasteiger charge is -2.20. The van der Waals surface area contributed by atoms with E-state index in [0.717, 1.165) is 35.0 Å². The van der Waals surface area contributed by atoms with Crippen molar-refractivity contribution >= 4 is 23.2 Å². The first-order valence-electron chi connectivity index (χ1n) is 6.87. The number of benzene rings is 1. The molecule has 1 aromatic rings. The Morgan fingerprint density at radius 3 is 2.56 bits per heavy atom. The molecule has 1 N–H and O–H groups in total. The lowest BCUT2D eigenvalue weighted by molar-refractivity contribution is 0.474. The van der Waals surface area contributed by atoms with Crippen LogP contribution in [0.5, 0.6) is 0 Å². The van der Waals surface area contributed by atoms with E-state index in [9.17, 15) is 0 Å². The number of nitrogens with one attached hydrogen (secondary N) is 1. The molecule has 0 radical (unpaired) electrons. The van der Waals surface area contributed by atoms with Crippen LogP contribution < -0.4 is 5.32 Å². The van der Waals surface area contributed by atoms with Crippen molar-refractivity contribution in [3.63, 3.8) is 0 Å². The van der Waals surface area contributed by atoms with E-state index in [2.05, 4.69) is 19.2 Å². The molecule has 1 nitrogen and oxygen atoms in total. The maximum atomic E-state index is 6.28. The van der Waals surface area contributed by atoms with Gasteiger partial charge in [0.25, 0.3) is 0 Å². The Morgan fingerprint density at radius 2 is 1.89 bits per heavy atom. The van der Waals surface area contributed by atoms with Crippen LogP contribution in [0.15, 0.2) is 18.2 Å². The molecule has 0 aliphatic heterocycles. The number of rotatable bonds is 8. The Kier molecular flexibility index (Phi) is 7.73. The molecule has 0 saturated carbocycles. The minimum atomic E-state index is 0.322. The fraction of sp³-hybridized carbons (Fsp3) is 0.600. The minimum Gasteiger partial charge on any atom is -0.310 e. The number of unbranched alkanes of at least 4 members (excludes halogenated alkanes) is 2. The maximum absolute atomic E-state index is 6.28. The number of hydrogen-bond acceptors (Lipinski definition) is 1. The van der Waals surface area contributed by atoms with Gasteiger partial charge in [-0.3, -0.25) is 0 Å². The second-order valence-corrected chi connectivity index (χ2v) is 5.51. The van der Waals surface area contributed by atoms with Crippen molar-refractivity contribution in [1.82, 2.24) is 5.32 Å². The van der Waals surface area contributed by atoms with E-state index in [1.165, 1.54) is 19.3 Å². The normalized spacial score (nSPS) is 12.7. The zero-order chi connectivity index (χ0) is 13.4. The number of halogens is 2. The third-order valence-corrected chi connectivity index (χ3v) is 3.65. The van der Waals surface area contributed by atoms with Crippen molar-refractivity contribution < 1.29 is 0 Å². The summed E-state index contributed by atoms with van der Waals surface area (Å²) in [7, 11) is 0. The summed E-state index contributed by atoms with van der Waals surface area (Å²) in [6.07, 6.45) is 5.98. The third kappa shape index (κ3) is 5.17. The van der Waals surface area contributed by atoms with E-state index < -0.39 is 0 Å². The summed E-state index contributed by atoms with van der Waals surface area (Å²) in [6, 6.07) is 6.04. The maximum Gasteiger partial charge on any atom is 0.0454 e. The van der Waals surface area contributed by atoms with Crippen LogP contribution in [0.1, 0.15) is 57.6 Å². The van der Waals surface area contributed by atoms with Gasteiger partial charge in [0.2, 0.25) is 0 Å². The zero-order valence-electron chi connectivity index (χ0n) is 11.3. The van der Waals surface area contributed by atoms with Crippen LogP contribution in [0.25, 0.3) is 0 Å². The van der Waals surface area contributed by atoms with E-state index in [-0.39, 0.29) is 0 Å². The Morgan fingerprint density at radius 1 is 1.11 bits per heavy atom. The van der Waals surface area contributed by atoms with Crippen LogP contribution in [-0.4, -0.2) is 6.54 Å². The van der Waals surface area contributed by atoms with Crippen molar-refractivity contribution in [3.05, 3.63) is 33.8 Å². The predicted octanol–water partition coefficient (Wildman–Crippen LogP) is 5.61. The van der Waals surface area contributed by atoms with Crippen molar-refractivity contribution in [2.24, 2.45) is 0 Å². The van der Waals surface area contributed by atoms with Gasteiger partial charge in [-0.2, -0.15) is 0 Å². The highest BCUT2D eigenvalue weighted by molar-refractivity contribution is 6.33. The van der Waals surface area contributed by atoms with Crippen molar-refractivity contribution in [2.75, 3.05) is 6.54 Å². The first-order valence-corrected chi connectivity index (χ1v) is 7.63. The lowest BCUT2D eigenvalue weighted by atomic mass is 10.00. The summed E-state index contributed by atoms with van der Waals surface area (Å²) in [4.78, 5) is 0. The highest BCUT2D eigenvalue weighted by Crippen LogP contribution is 2.29. The molecule has 0 amide bonds. The summed E-state index contributed by atoms with van der Waals surface area (Å²) >= 11 is 12.4. The van der Waals surface area contributed by atoms with Crippen molar-refractivity contribution in [3.8, 4) is 0 Å². The lowest BCUT2D eigenvalue weighted by Crippen LogP contribution is -2.22. The molecular formula is C15H23Cl2N. The first-order chi connectivity index (χ1) is 8.69. The fourth-order valence-electron chi connectivity index (χ4n) is 2.07. The summed E-state index contributed by atoms with van der Waals surface area (Å²) in [5, 5.41) is 5.14. The molecule has 1 unspecified atom stereocenters. The van der Waals surface area contributed by atoms with Gasteiger partial charge < -0.3 is 5.32 Å². The van der Waals surface area contributed by atoms with Crippen molar-refractivity contribution in [2.45, 2.75) is 52.0 Å². The van der Waals surface area contributed by atoms with Crippen LogP contribution in [0.2, 0.25) is 10.0 Å². The second-order valence-electron chi connectivity index (χ2n) is 4.67. The summed E-state index contributed by atoms with van der Waals surface area (Å²) in [5.41, 5.74) is 1.13. The molecule has 3 heteroatoms. The SMILES string of the molecule is CCCCCC(NCCC)c1cc(Cl)ccc1Cl. The van der Waals surface area contributed by atoms with Gasteiger partial charge in [-0.05, 0) is 43.1 Å². The van der Waals surface area contributed by atoms with E-state index in [4.69, 9.17) is 23.2 Å². The molecule has 18 heavy (non-hydrogen) atoms. The molecule has 0 aliphatic rings. The molecule has 0 aromatic heterocycles. The van der Waals surface area contributed by atoms with Gasteiger partial charge in [0.05, 0.1) is 0 Å². The van der Waals surface area contributed by atoms with Gasteiger partial charge in [-0.15, -0.1) is 0 Å². The molecule has 1 rings (SSSR count). The number of hydrogen-bond donors (Lipinski definition) is 1. The molecule has 102 valence electrons. The monoisotopic (exact) mass is 287 g/mol. The molecule has 1 atom stereocenters. The van der Waals surface area contributed by atoms with E-state index in [0.29, 0.717) is 6.04 Å². The van der Waals surface area contributed by atoms with Gasteiger partial charge in [-0.25, -0.2) is 0 Å². The van der Waals surface area contributed by atoms with Crippen LogP contribution in [-0.2, 0) is 0 Å². The van der Waals surface area contributed by atoms with Crippen LogP contribution in [0.3, 0.4) is 0 Å². The minimum absolute atomic E-state index is 0.322. The summed E-state index contributed by atoms with van der Waals surface area (Å²) in [5.74, 6) is 0. The van der Waals surface area contributed by atoms with Gasteiger partial charge in [0, 0.05) is 16.1 Å². The van der Waals surface area contributed by atoms with Gasteiger partial charge in [-0.1, -0.05) is 56.3 Å². The molecule has 1 aromatic carbocycles. The molecule has 0 saturated heterocycles. The first kappa shape index (κ1) is 15.8. The Balaban J connectivity index is 2.75. The second kappa shape index (κ2) is 8.79. The molecule has 0 fully saturated rings. The standard InChI is InChI=1S/C15H23Cl2N/c1-3-5-6-7-15(18-10-4-2)13-11-12(16)8-9-14(13)17/h8-9,11,15,18H,3-7,10H2,1-2H3. The van der Waals surface area contributed by atoms with Crippen LogP contribution >= 0.6 is 23.2 Å². The fourth-order valence-corrected chi connectivity index (χ4v) is 2.50. The predicted molar refractivity (Wildman–Crippen MR) is 81.6 cm³/mol. The Bertz CT molecular complexity index is 352. The van der Waals surface area contributed by atoms with Gasteiger partial charge >= 0.3 is 0 Å². The average molecular weight is 288 g/mol. The quantitative estimate of drug-likeness (QED) is 0.613. The smallest absolute Gasteiger partial charge is 0.0454 e. The van der Waals surface area contributed by atoms with E-state index in [1.807, 2.05) is 18.2 Å². The van der Waals surface area contributed by atoms with Crippen LogP contribution in [0.4, 0.5) is 0 Å². The topological polar surface area (TPSA) is 12.0 Å². The molecule has 0 bridgehead atoms. The molecule has 0 spiro atoms. The van der Waals surface area contributed by atoms with Gasteiger partial charge in [0.15, 0.2) is 0 Å². The van der Waals surface area contributed by atoms with Crippen molar-refractivity contribution in [1.29, 1.82) is 0 Å². The Labute approximate surface area is 121 Å². The molecule has 0 aliphatic carbocycles. The highest BCUT2D eigenvalue weighted by atomic mass is 35.5. The van der Waals surface area contributed by atoms with E-state index >= 15 is 0 Å². The van der Waals surface area contributed by atoms with Gasteiger partial charge in [0.1, 0.15) is 0 Å². The Hall–Kier alpha value is -0.240. The highest BCUT2D eigenvalue weighted by Gasteiger charge is 2.14. The largest absolute Gasteiger partial charge is 0.310 e. The van der Waals surface area contributed by atoms with E-state index in [1.54, 1.807) is 0 Å². The molecule has 0 heterocycles. The van der Waals surface area contributed by atoms with Crippen LogP contribution in [0, 0.1) is 0 Å². The third-order valence-electron chi connectivity index (χ3n) is 3.07. The summed E-state index contributed by atoms with van der Waals surface area (Å²) < 4.78 is 0. The zero-order valence-corrected chi connectivity index (χ0v) is 12.8.